The maximum absolute atomic E-state index is 12.4. The number of nitrogens with zero attached hydrogens (tertiary/aromatic N) is 2. The summed E-state index contributed by atoms with van der Waals surface area (Å²) in [4.78, 5) is 10.3. The molecule has 84 valence electrons. The van der Waals surface area contributed by atoms with Gasteiger partial charge in [0.15, 0.2) is 0 Å². The standard InChI is InChI=1S/C8H10F2N2O3/c1-12-3-4(5(13)2-6(14)15)7(11-12)8(9)10/h3,5,8,13H,2H2,1H3,(H,14,15)/t5-/m1/s1. The number of aliphatic hydroxyl groups is 1. The first-order valence-electron chi connectivity index (χ1n) is 4.13. The van der Waals surface area contributed by atoms with Crippen molar-refractivity contribution in [2.24, 2.45) is 7.05 Å². The van der Waals surface area contributed by atoms with Gasteiger partial charge in [0.25, 0.3) is 6.43 Å². The smallest absolute Gasteiger partial charge is 0.306 e. The van der Waals surface area contributed by atoms with Crippen LogP contribution in [0.5, 0.6) is 0 Å². The third-order valence-corrected chi connectivity index (χ3v) is 1.82. The highest BCUT2D eigenvalue weighted by Gasteiger charge is 2.24. The number of aliphatic carboxylic acids is 1. The fourth-order valence-corrected chi connectivity index (χ4v) is 1.23. The van der Waals surface area contributed by atoms with Crippen LogP contribution in [0.4, 0.5) is 8.78 Å². The van der Waals surface area contributed by atoms with Crippen molar-refractivity contribution in [2.75, 3.05) is 0 Å². The van der Waals surface area contributed by atoms with Crippen LogP contribution in [0.3, 0.4) is 0 Å². The van der Waals surface area contributed by atoms with Crippen molar-refractivity contribution < 1.29 is 23.8 Å². The van der Waals surface area contributed by atoms with Crippen LogP contribution in [0.1, 0.15) is 30.2 Å². The summed E-state index contributed by atoms with van der Waals surface area (Å²) in [7, 11) is 1.42. The Morgan fingerprint density at radius 2 is 2.27 bits per heavy atom. The number of hydrogen-bond donors (Lipinski definition) is 2. The molecule has 0 saturated heterocycles. The third-order valence-electron chi connectivity index (χ3n) is 1.82. The molecule has 1 atom stereocenters. The van der Waals surface area contributed by atoms with E-state index in [9.17, 15) is 18.7 Å². The van der Waals surface area contributed by atoms with Gasteiger partial charge in [-0.2, -0.15) is 5.10 Å². The molecule has 5 nitrogen and oxygen atoms in total. The van der Waals surface area contributed by atoms with Gasteiger partial charge in [-0.1, -0.05) is 0 Å². The third kappa shape index (κ3) is 2.72. The summed E-state index contributed by atoms with van der Waals surface area (Å²) in [6.45, 7) is 0. The molecule has 0 aliphatic carbocycles. The number of rotatable bonds is 4. The number of aliphatic hydroxyl groups excluding tert-OH is 1. The average molecular weight is 220 g/mol. The first-order valence-corrected chi connectivity index (χ1v) is 4.13. The van der Waals surface area contributed by atoms with E-state index >= 15 is 0 Å². The zero-order chi connectivity index (χ0) is 11.6. The molecule has 0 fully saturated rings. The molecule has 0 amide bonds. The van der Waals surface area contributed by atoms with Crippen LogP contribution < -0.4 is 0 Å². The molecule has 2 N–H and O–H groups in total. The number of aryl methyl sites for hydroxylation is 1. The van der Waals surface area contributed by atoms with Gasteiger partial charge in [-0.25, -0.2) is 8.78 Å². The molecule has 0 spiro atoms. The number of carboxylic acid groups (broad SMARTS) is 1. The molecular formula is C8H10F2N2O3. The van der Waals surface area contributed by atoms with Gasteiger partial charge in [0, 0.05) is 18.8 Å². The monoisotopic (exact) mass is 220 g/mol. The van der Waals surface area contributed by atoms with E-state index in [1.807, 2.05) is 0 Å². The maximum Gasteiger partial charge on any atom is 0.306 e. The van der Waals surface area contributed by atoms with Crippen molar-refractivity contribution in [2.45, 2.75) is 19.0 Å². The quantitative estimate of drug-likeness (QED) is 0.789. The minimum Gasteiger partial charge on any atom is -0.481 e. The van der Waals surface area contributed by atoms with Crippen LogP contribution in [-0.2, 0) is 11.8 Å². The minimum atomic E-state index is -2.83. The van der Waals surface area contributed by atoms with E-state index < -0.39 is 30.6 Å². The van der Waals surface area contributed by atoms with Gasteiger partial charge in [-0.15, -0.1) is 0 Å². The maximum atomic E-state index is 12.4. The van der Waals surface area contributed by atoms with E-state index in [0.29, 0.717) is 0 Å². The van der Waals surface area contributed by atoms with Crippen molar-refractivity contribution in [1.82, 2.24) is 9.78 Å². The largest absolute Gasteiger partial charge is 0.481 e. The molecule has 0 saturated carbocycles. The molecular weight excluding hydrogens is 210 g/mol. The van der Waals surface area contributed by atoms with E-state index in [0.717, 1.165) is 4.68 Å². The summed E-state index contributed by atoms with van der Waals surface area (Å²) in [6.07, 6.45) is -3.72. The Bertz CT molecular complexity index is 365. The minimum absolute atomic E-state index is 0.144. The molecule has 15 heavy (non-hydrogen) atoms. The zero-order valence-corrected chi connectivity index (χ0v) is 7.89. The lowest BCUT2D eigenvalue weighted by atomic mass is 10.1. The van der Waals surface area contributed by atoms with Crippen LogP contribution in [0, 0.1) is 0 Å². The summed E-state index contributed by atoms with van der Waals surface area (Å²) in [5, 5.41) is 21.2. The summed E-state index contributed by atoms with van der Waals surface area (Å²) in [5.41, 5.74) is -0.721. The molecule has 0 aliphatic rings. The van der Waals surface area contributed by atoms with E-state index in [1.54, 1.807) is 0 Å². The lowest BCUT2D eigenvalue weighted by Crippen LogP contribution is -2.07. The number of alkyl halides is 2. The molecule has 0 aliphatic heterocycles. The molecule has 0 unspecified atom stereocenters. The fourth-order valence-electron chi connectivity index (χ4n) is 1.23. The van der Waals surface area contributed by atoms with Crippen molar-refractivity contribution in [1.29, 1.82) is 0 Å². The molecule has 0 bridgehead atoms. The second-order valence-corrected chi connectivity index (χ2v) is 3.06. The van der Waals surface area contributed by atoms with E-state index in [4.69, 9.17) is 5.11 Å². The van der Waals surface area contributed by atoms with Crippen LogP contribution in [0.2, 0.25) is 0 Å². The van der Waals surface area contributed by atoms with E-state index in [-0.39, 0.29) is 5.56 Å². The van der Waals surface area contributed by atoms with Crippen LogP contribution in [0.25, 0.3) is 0 Å². The van der Waals surface area contributed by atoms with Crippen molar-refractivity contribution in [3.05, 3.63) is 17.5 Å². The molecule has 1 aromatic rings. The molecule has 1 rings (SSSR count). The van der Waals surface area contributed by atoms with Crippen LogP contribution in [-0.4, -0.2) is 26.0 Å². The fraction of sp³-hybridized carbons (Fsp3) is 0.500. The predicted octanol–water partition coefficient (Wildman–Crippen LogP) is 0.866. The van der Waals surface area contributed by atoms with E-state index in [2.05, 4.69) is 5.10 Å². The lowest BCUT2D eigenvalue weighted by Gasteiger charge is -2.06. The first-order chi connectivity index (χ1) is 6.91. The van der Waals surface area contributed by atoms with E-state index in [1.165, 1.54) is 13.2 Å². The number of carboxylic acids is 1. The molecule has 7 heteroatoms. The van der Waals surface area contributed by atoms with Gasteiger partial charge in [0.2, 0.25) is 0 Å². The van der Waals surface area contributed by atoms with Crippen LogP contribution in [0.15, 0.2) is 6.20 Å². The van der Waals surface area contributed by atoms with Crippen molar-refractivity contribution in [3.8, 4) is 0 Å². The summed E-state index contributed by atoms with van der Waals surface area (Å²) in [5.74, 6) is -1.26. The number of carbonyl (C=O) groups is 1. The van der Waals surface area contributed by atoms with Gasteiger partial charge in [-0.05, 0) is 0 Å². The highest BCUT2D eigenvalue weighted by atomic mass is 19.3. The Morgan fingerprint density at radius 1 is 1.67 bits per heavy atom. The highest BCUT2D eigenvalue weighted by Crippen LogP contribution is 2.27. The Balaban J connectivity index is 2.96. The van der Waals surface area contributed by atoms with Gasteiger partial charge >= 0.3 is 5.97 Å². The predicted molar refractivity (Wildman–Crippen MR) is 45.4 cm³/mol. The second-order valence-electron chi connectivity index (χ2n) is 3.06. The zero-order valence-electron chi connectivity index (χ0n) is 7.89. The Labute approximate surface area is 83.9 Å². The van der Waals surface area contributed by atoms with Gasteiger partial charge < -0.3 is 10.2 Å². The number of aromatic nitrogens is 2. The van der Waals surface area contributed by atoms with Gasteiger partial charge in [-0.3, -0.25) is 9.48 Å². The number of halogens is 2. The van der Waals surface area contributed by atoms with Gasteiger partial charge in [0.05, 0.1) is 12.5 Å². The molecule has 1 aromatic heterocycles. The van der Waals surface area contributed by atoms with Crippen molar-refractivity contribution in [3.63, 3.8) is 0 Å². The normalized spacial score (nSPS) is 13.1. The lowest BCUT2D eigenvalue weighted by molar-refractivity contribution is -0.139. The Kier molecular flexibility index (Phi) is 3.35. The molecule has 0 aromatic carbocycles. The summed E-state index contributed by atoms with van der Waals surface area (Å²) < 4.78 is 25.9. The SMILES string of the molecule is Cn1cc([C@H](O)CC(=O)O)c(C(F)F)n1. The second kappa shape index (κ2) is 4.35. The highest BCUT2D eigenvalue weighted by molar-refractivity contribution is 5.67. The van der Waals surface area contributed by atoms with Gasteiger partial charge in [0.1, 0.15) is 5.69 Å². The number of hydrogen-bond acceptors (Lipinski definition) is 3. The molecule has 0 radical (unpaired) electrons. The molecule has 1 heterocycles. The summed E-state index contributed by atoms with van der Waals surface area (Å²) in [6, 6.07) is 0. The first kappa shape index (κ1) is 11.6. The Morgan fingerprint density at radius 3 is 2.73 bits per heavy atom. The summed E-state index contributed by atoms with van der Waals surface area (Å²) >= 11 is 0. The van der Waals surface area contributed by atoms with Crippen LogP contribution >= 0.6 is 0 Å². The van der Waals surface area contributed by atoms with Crippen molar-refractivity contribution >= 4 is 5.97 Å². The average Bonchev–Trinajstić information content (AvgIpc) is 2.46. The Hall–Kier alpha value is -1.50. The topological polar surface area (TPSA) is 75.4 Å².